The maximum absolute atomic E-state index is 12.8. The van der Waals surface area contributed by atoms with Crippen molar-refractivity contribution < 1.29 is 0 Å². The second kappa shape index (κ2) is 8.53. The molecule has 2 N–H and O–H groups in total. The lowest BCUT2D eigenvalue weighted by atomic mass is 10.0. The molecule has 0 bridgehead atoms. The molecule has 2 aromatic carbocycles. The van der Waals surface area contributed by atoms with E-state index in [4.69, 9.17) is 11.6 Å². The van der Waals surface area contributed by atoms with Gasteiger partial charge in [-0.25, -0.2) is 4.98 Å². The topological polar surface area (TPSA) is 78.8 Å². The van der Waals surface area contributed by atoms with Crippen LogP contribution in [0.4, 0.5) is 5.69 Å². The summed E-state index contributed by atoms with van der Waals surface area (Å²) in [6.07, 6.45) is 3.57. The smallest absolute Gasteiger partial charge is 0.295 e. The molecule has 0 radical (unpaired) electrons. The Balaban J connectivity index is 1.26. The van der Waals surface area contributed by atoms with Crippen molar-refractivity contribution in [3.05, 3.63) is 81.7 Å². The third-order valence-corrected chi connectivity index (χ3v) is 6.06. The summed E-state index contributed by atoms with van der Waals surface area (Å²) in [6, 6.07) is 18.4. The molecule has 7 nitrogen and oxygen atoms in total. The fourth-order valence-corrected chi connectivity index (χ4v) is 4.20. The molecule has 0 atom stereocenters. The SMILES string of the molecule is O=c1c(Cl)c(NC2CCN(Cc3ccccc3)CC2)cnn1-c1nc2ccccc2[nH]1. The highest BCUT2D eigenvalue weighted by Crippen LogP contribution is 2.22. The van der Waals surface area contributed by atoms with Gasteiger partial charge in [0.15, 0.2) is 0 Å². The van der Waals surface area contributed by atoms with Crippen LogP contribution in [0.1, 0.15) is 18.4 Å². The highest BCUT2D eigenvalue weighted by molar-refractivity contribution is 6.33. The van der Waals surface area contributed by atoms with Gasteiger partial charge in [-0.2, -0.15) is 9.78 Å². The Morgan fingerprint density at radius 3 is 2.58 bits per heavy atom. The van der Waals surface area contributed by atoms with Crippen LogP contribution in [0.2, 0.25) is 5.02 Å². The number of hydrogen-bond donors (Lipinski definition) is 2. The largest absolute Gasteiger partial charge is 0.380 e. The number of fused-ring (bicyclic) bond motifs is 1. The Morgan fingerprint density at radius 1 is 1.06 bits per heavy atom. The standard InChI is InChI=1S/C23H23ClN6O/c24-21-20(26-17-10-12-29(13-11-17)15-16-6-2-1-3-7-16)14-25-30(22(21)31)23-27-18-8-4-5-9-19(18)28-23/h1-9,14,17,26H,10-13,15H2,(H,27,28). The highest BCUT2D eigenvalue weighted by atomic mass is 35.5. The van der Waals surface area contributed by atoms with Gasteiger partial charge >= 0.3 is 0 Å². The van der Waals surface area contributed by atoms with Crippen molar-refractivity contribution in [2.75, 3.05) is 18.4 Å². The molecule has 31 heavy (non-hydrogen) atoms. The average Bonchev–Trinajstić information content (AvgIpc) is 3.23. The number of H-pyrrole nitrogens is 1. The first-order chi connectivity index (χ1) is 15.2. The molecule has 1 aliphatic heterocycles. The number of aromatic amines is 1. The van der Waals surface area contributed by atoms with Crippen LogP contribution < -0.4 is 10.9 Å². The maximum Gasteiger partial charge on any atom is 0.295 e. The molecule has 1 aliphatic rings. The number of rotatable bonds is 5. The van der Waals surface area contributed by atoms with E-state index in [2.05, 4.69) is 49.5 Å². The molecule has 0 unspecified atom stereocenters. The van der Waals surface area contributed by atoms with E-state index < -0.39 is 5.56 Å². The Kier molecular flexibility index (Phi) is 5.44. The van der Waals surface area contributed by atoms with Crippen molar-refractivity contribution in [3.63, 3.8) is 0 Å². The van der Waals surface area contributed by atoms with Crippen LogP contribution in [0.3, 0.4) is 0 Å². The lowest BCUT2D eigenvalue weighted by Crippen LogP contribution is -2.39. The first kappa shape index (κ1) is 19.8. The predicted molar refractivity (Wildman–Crippen MR) is 123 cm³/mol. The maximum atomic E-state index is 12.8. The van der Waals surface area contributed by atoms with Crippen LogP contribution in [0.25, 0.3) is 17.0 Å². The number of aromatic nitrogens is 4. The van der Waals surface area contributed by atoms with E-state index in [1.54, 1.807) is 6.20 Å². The number of anilines is 1. The van der Waals surface area contributed by atoms with E-state index in [1.807, 2.05) is 30.3 Å². The van der Waals surface area contributed by atoms with Gasteiger partial charge in [-0.15, -0.1) is 0 Å². The monoisotopic (exact) mass is 434 g/mol. The zero-order valence-electron chi connectivity index (χ0n) is 17.0. The van der Waals surface area contributed by atoms with Crippen molar-refractivity contribution in [1.82, 2.24) is 24.6 Å². The lowest BCUT2D eigenvalue weighted by molar-refractivity contribution is 0.211. The zero-order valence-corrected chi connectivity index (χ0v) is 17.7. The summed E-state index contributed by atoms with van der Waals surface area (Å²) in [4.78, 5) is 22.8. The summed E-state index contributed by atoms with van der Waals surface area (Å²) in [7, 11) is 0. The number of halogens is 1. The number of likely N-dealkylation sites (tertiary alicyclic amines) is 1. The minimum Gasteiger partial charge on any atom is -0.380 e. The third kappa shape index (κ3) is 4.19. The molecule has 0 spiro atoms. The van der Waals surface area contributed by atoms with Gasteiger partial charge in [-0.05, 0) is 30.5 Å². The average molecular weight is 435 g/mol. The molecule has 5 rings (SSSR count). The normalized spacial score (nSPS) is 15.4. The minimum absolute atomic E-state index is 0.127. The zero-order chi connectivity index (χ0) is 21.2. The van der Waals surface area contributed by atoms with E-state index in [-0.39, 0.29) is 11.1 Å². The summed E-state index contributed by atoms with van der Waals surface area (Å²) < 4.78 is 1.20. The van der Waals surface area contributed by atoms with Gasteiger partial charge in [0.25, 0.3) is 5.56 Å². The highest BCUT2D eigenvalue weighted by Gasteiger charge is 2.21. The van der Waals surface area contributed by atoms with Crippen LogP contribution in [-0.4, -0.2) is 43.8 Å². The van der Waals surface area contributed by atoms with E-state index in [1.165, 1.54) is 10.2 Å². The molecule has 8 heteroatoms. The summed E-state index contributed by atoms with van der Waals surface area (Å²) >= 11 is 6.41. The quantitative estimate of drug-likeness (QED) is 0.499. The van der Waals surface area contributed by atoms with Crippen molar-refractivity contribution in [2.45, 2.75) is 25.4 Å². The molecular formula is C23H23ClN6O. The number of piperidine rings is 1. The van der Waals surface area contributed by atoms with Crippen LogP contribution in [0.5, 0.6) is 0 Å². The number of nitrogens with one attached hydrogen (secondary N) is 2. The van der Waals surface area contributed by atoms with Crippen molar-refractivity contribution in [2.24, 2.45) is 0 Å². The molecule has 4 aromatic rings. The lowest BCUT2D eigenvalue weighted by Gasteiger charge is -2.33. The summed E-state index contributed by atoms with van der Waals surface area (Å²) in [5.41, 5.74) is 3.11. The Hall–Kier alpha value is -3.16. The summed E-state index contributed by atoms with van der Waals surface area (Å²) in [5.74, 6) is 0.355. The predicted octanol–water partition coefficient (Wildman–Crippen LogP) is 3.84. The molecule has 0 aliphatic carbocycles. The second-order valence-corrected chi connectivity index (χ2v) is 8.23. The number of para-hydroxylation sites is 2. The van der Waals surface area contributed by atoms with E-state index in [0.29, 0.717) is 11.6 Å². The van der Waals surface area contributed by atoms with E-state index >= 15 is 0 Å². The van der Waals surface area contributed by atoms with Gasteiger partial charge < -0.3 is 10.3 Å². The van der Waals surface area contributed by atoms with Crippen molar-refractivity contribution >= 4 is 28.3 Å². The molecule has 3 heterocycles. The molecule has 1 saturated heterocycles. The van der Waals surface area contributed by atoms with Gasteiger partial charge in [-0.1, -0.05) is 54.1 Å². The van der Waals surface area contributed by atoms with Gasteiger partial charge in [0.2, 0.25) is 5.95 Å². The van der Waals surface area contributed by atoms with Gasteiger partial charge in [-0.3, -0.25) is 9.69 Å². The number of imidazole rings is 1. The first-order valence-electron chi connectivity index (χ1n) is 10.4. The second-order valence-electron chi connectivity index (χ2n) is 7.85. The van der Waals surface area contributed by atoms with Gasteiger partial charge in [0.05, 0.1) is 22.9 Å². The van der Waals surface area contributed by atoms with Crippen molar-refractivity contribution in [3.8, 4) is 5.95 Å². The Bertz CT molecular complexity index is 1210. The number of hydrogen-bond acceptors (Lipinski definition) is 5. The van der Waals surface area contributed by atoms with E-state index in [9.17, 15) is 4.79 Å². The number of nitrogens with zero attached hydrogens (tertiary/aromatic N) is 4. The molecule has 2 aromatic heterocycles. The fourth-order valence-electron chi connectivity index (χ4n) is 4.02. The van der Waals surface area contributed by atoms with Crippen LogP contribution in [0, 0.1) is 0 Å². The summed E-state index contributed by atoms with van der Waals surface area (Å²) in [6.45, 7) is 2.95. The molecule has 1 fully saturated rings. The van der Waals surface area contributed by atoms with Gasteiger partial charge in [0, 0.05) is 25.7 Å². The molecule has 0 amide bonds. The summed E-state index contributed by atoms with van der Waals surface area (Å²) in [5, 5.41) is 7.84. The van der Waals surface area contributed by atoms with Crippen LogP contribution >= 0.6 is 11.6 Å². The fraction of sp³-hybridized carbons (Fsp3) is 0.261. The molecule has 158 valence electrons. The molecular weight excluding hydrogens is 412 g/mol. The first-order valence-corrected chi connectivity index (χ1v) is 10.8. The van der Waals surface area contributed by atoms with Crippen molar-refractivity contribution in [1.29, 1.82) is 0 Å². The van der Waals surface area contributed by atoms with Crippen LogP contribution in [-0.2, 0) is 6.54 Å². The Morgan fingerprint density at radius 2 is 1.81 bits per heavy atom. The van der Waals surface area contributed by atoms with Gasteiger partial charge in [0.1, 0.15) is 5.02 Å². The van der Waals surface area contributed by atoms with E-state index in [0.717, 1.165) is 43.5 Å². The Labute approximate surface area is 184 Å². The minimum atomic E-state index is -0.396. The molecule has 0 saturated carbocycles. The third-order valence-electron chi connectivity index (χ3n) is 5.69. The van der Waals surface area contributed by atoms with Crippen LogP contribution in [0.15, 0.2) is 65.6 Å². The number of benzene rings is 2.